The van der Waals surface area contributed by atoms with Crippen molar-refractivity contribution in [1.29, 1.82) is 0 Å². The number of hydrogen-bond acceptors (Lipinski definition) is 4. The van der Waals surface area contributed by atoms with Gasteiger partial charge in [0.2, 0.25) is 0 Å². The Bertz CT molecular complexity index is 1100. The molecule has 0 radical (unpaired) electrons. The van der Waals surface area contributed by atoms with E-state index in [-0.39, 0.29) is 30.2 Å². The molecule has 3 aromatic carbocycles. The maximum Gasteiger partial charge on any atom is 0.278 e. The van der Waals surface area contributed by atoms with Gasteiger partial charge in [-0.3, -0.25) is 14.5 Å². The van der Waals surface area contributed by atoms with Crippen LogP contribution in [0.2, 0.25) is 0 Å². The first-order chi connectivity index (χ1) is 15.0. The van der Waals surface area contributed by atoms with Crippen molar-refractivity contribution in [3.8, 4) is 5.75 Å². The van der Waals surface area contributed by atoms with Crippen LogP contribution in [0.25, 0.3) is 5.57 Å². The van der Waals surface area contributed by atoms with Crippen LogP contribution in [0.1, 0.15) is 25.0 Å². The van der Waals surface area contributed by atoms with E-state index in [0.717, 1.165) is 11.3 Å². The van der Waals surface area contributed by atoms with Crippen LogP contribution in [0.4, 0.5) is 5.69 Å². The van der Waals surface area contributed by atoms with Gasteiger partial charge in [0, 0.05) is 5.69 Å². The molecule has 1 N–H and O–H groups in total. The lowest BCUT2D eigenvalue weighted by atomic mass is 10.0. The van der Waals surface area contributed by atoms with Gasteiger partial charge in [-0.15, -0.1) is 0 Å². The summed E-state index contributed by atoms with van der Waals surface area (Å²) < 4.78 is 5.68. The zero-order valence-corrected chi connectivity index (χ0v) is 17.5. The van der Waals surface area contributed by atoms with Gasteiger partial charge in [0.15, 0.2) is 0 Å². The monoisotopic (exact) mass is 412 g/mol. The number of carbonyl (C=O) groups excluding carboxylic acids is 2. The second kappa shape index (κ2) is 8.88. The molecule has 1 heterocycles. The lowest BCUT2D eigenvalue weighted by Gasteiger charge is -2.15. The first kappa shape index (κ1) is 20.4. The molecule has 4 rings (SSSR count). The van der Waals surface area contributed by atoms with E-state index in [2.05, 4.69) is 5.32 Å². The highest BCUT2D eigenvalue weighted by Gasteiger charge is 2.39. The summed E-state index contributed by atoms with van der Waals surface area (Å²) >= 11 is 0. The molecule has 0 spiro atoms. The van der Waals surface area contributed by atoms with Crippen molar-refractivity contribution in [2.45, 2.75) is 26.5 Å². The Morgan fingerprint density at radius 2 is 1.42 bits per heavy atom. The highest BCUT2D eigenvalue weighted by molar-refractivity contribution is 6.36. The lowest BCUT2D eigenvalue weighted by molar-refractivity contribution is -0.137. The number of hydrogen-bond donors (Lipinski definition) is 1. The van der Waals surface area contributed by atoms with E-state index >= 15 is 0 Å². The van der Waals surface area contributed by atoms with Gasteiger partial charge >= 0.3 is 0 Å². The fourth-order valence-electron chi connectivity index (χ4n) is 3.51. The molecule has 0 bridgehead atoms. The first-order valence-corrected chi connectivity index (χ1v) is 10.3. The van der Waals surface area contributed by atoms with E-state index in [1.54, 1.807) is 0 Å². The van der Waals surface area contributed by atoms with E-state index in [1.807, 2.05) is 98.8 Å². The van der Waals surface area contributed by atoms with Crippen LogP contribution >= 0.6 is 0 Å². The largest absolute Gasteiger partial charge is 0.491 e. The summed E-state index contributed by atoms with van der Waals surface area (Å²) in [6.45, 7) is 4.15. The number of nitrogens with zero attached hydrogens (tertiary/aromatic N) is 1. The third-order valence-corrected chi connectivity index (χ3v) is 4.91. The van der Waals surface area contributed by atoms with Gasteiger partial charge in [-0.25, -0.2) is 0 Å². The Morgan fingerprint density at radius 3 is 2.03 bits per heavy atom. The summed E-state index contributed by atoms with van der Waals surface area (Å²) in [7, 11) is 0. The molecule has 156 valence electrons. The molecule has 0 aromatic heterocycles. The summed E-state index contributed by atoms with van der Waals surface area (Å²) in [5.41, 5.74) is 2.97. The molecule has 0 unspecified atom stereocenters. The molecule has 5 heteroatoms. The molecule has 1 aliphatic rings. The molecular formula is C26H24N2O3. The molecule has 0 aliphatic carbocycles. The van der Waals surface area contributed by atoms with Crippen molar-refractivity contribution in [1.82, 2.24) is 4.90 Å². The van der Waals surface area contributed by atoms with E-state index in [9.17, 15) is 9.59 Å². The van der Waals surface area contributed by atoms with E-state index in [1.165, 1.54) is 4.90 Å². The molecule has 0 saturated carbocycles. The summed E-state index contributed by atoms with van der Waals surface area (Å²) in [5.74, 6) is 0.106. The number of benzene rings is 3. The second-order valence-electron chi connectivity index (χ2n) is 7.61. The predicted molar refractivity (Wildman–Crippen MR) is 121 cm³/mol. The summed E-state index contributed by atoms with van der Waals surface area (Å²) in [4.78, 5) is 27.9. The number of nitrogens with one attached hydrogen (secondary N) is 1. The third-order valence-electron chi connectivity index (χ3n) is 4.91. The number of imide groups is 1. The quantitative estimate of drug-likeness (QED) is 0.563. The molecule has 5 nitrogen and oxygen atoms in total. The van der Waals surface area contributed by atoms with Gasteiger partial charge in [-0.2, -0.15) is 0 Å². The van der Waals surface area contributed by atoms with Crippen LogP contribution in [0.3, 0.4) is 0 Å². The predicted octanol–water partition coefficient (Wildman–Crippen LogP) is 4.87. The number of carbonyl (C=O) groups is 2. The summed E-state index contributed by atoms with van der Waals surface area (Å²) in [6, 6.07) is 26.1. The van der Waals surface area contributed by atoms with Crippen LogP contribution in [0.15, 0.2) is 90.6 Å². The zero-order chi connectivity index (χ0) is 21.8. The topological polar surface area (TPSA) is 58.6 Å². The van der Waals surface area contributed by atoms with Crippen LogP contribution in [-0.4, -0.2) is 22.8 Å². The minimum atomic E-state index is -0.338. The van der Waals surface area contributed by atoms with Crippen LogP contribution in [0, 0.1) is 0 Å². The average molecular weight is 412 g/mol. The van der Waals surface area contributed by atoms with E-state index < -0.39 is 0 Å². The van der Waals surface area contributed by atoms with E-state index in [4.69, 9.17) is 4.74 Å². The molecule has 3 aromatic rings. The van der Waals surface area contributed by atoms with Gasteiger partial charge in [0.05, 0.1) is 18.2 Å². The smallest absolute Gasteiger partial charge is 0.278 e. The van der Waals surface area contributed by atoms with E-state index in [0.29, 0.717) is 16.8 Å². The molecule has 0 fully saturated rings. The van der Waals surface area contributed by atoms with Gasteiger partial charge in [-0.1, -0.05) is 60.7 Å². The Kier molecular flexibility index (Phi) is 5.85. The average Bonchev–Trinajstić information content (AvgIpc) is 3.00. The molecule has 1 aliphatic heterocycles. The number of ether oxygens (including phenoxy) is 1. The maximum absolute atomic E-state index is 13.3. The van der Waals surface area contributed by atoms with Gasteiger partial charge in [0.1, 0.15) is 11.4 Å². The summed E-state index contributed by atoms with van der Waals surface area (Å²) in [5, 5.41) is 3.18. The van der Waals surface area contributed by atoms with Gasteiger partial charge in [0.25, 0.3) is 11.8 Å². The van der Waals surface area contributed by atoms with Crippen molar-refractivity contribution in [3.63, 3.8) is 0 Å². The van der Waals surface area contributed by atoms with Crippen molar-refractivity contribution in [2.24, 2.45) is 0 Å². The van der Waals surface area contributed by atoms with Crippen LogP contribution in [0.5, 0.6) is 5.75 Å². The minimum Gasteiger partial charge on any atom is -0.491 e. The van der Waals surface area contributed by atoms with Gasteiger partial charge < -0.3 is 10.1 Å². The van der Waals surface area contributed by atoms with Crippen molar-refractivity contribution in [2.75, 3.05) is 5.32 Å². The number of amides is 2. The van der Waals surface area contributed by atoms with Crippen molar-refractivity contribution in [3.05, 3.63) is 102 Å². The van der Waals surface area contributed by atoms with Crippen LogP contribution < -0.4 is 10.1 Å². The normalized spacial score (nSPS) is 13.8. The molecule has 0 saturated heterocycles. The molecule has 2 amide bonds. The Hall–Kier alpha value is -3.86. The van der Waals surface area contributed by atoms with Crippen LogP contribution in [-0.2, 0) is 16.1 Å². The summed E-state index contributed by atoms with van der Waals surface area (Å²) in [6.07, 6.45) is 0.0757. The molecule has 0 atom stereocenters. The number of anilines is 1. The molecular weight excluding hydrogens is 388 g/mol. The highest BCUT2D eigenvalue weighted by atomic mass is 16.5. The number of rotatable bonds is 7. The lowest BCUT2D eigenvalue weighted by Crippen LogP contribution is -2.31. The van der Waals surface area contributed by atoms with Gasteiger partial charge in [-0.05, 0) is 49.2 Å². The minimum absolute atomic E-state index is 0.0757. The highest BCUT2D eigenvalue weighted by Crippen LogP contribution is 2.31. The zero-order valence-electron chi connectivity index (χ0n) is 17.5. The second-order valence-corrected chi connectivity index (χ2v) is 7.61. The van der Waals surface area contributed by atoms with Crippen molar-refractivity contribution >= 4 is 23.1 Å². The first-order valence-electron chi connectivity index (χ1n) is 10.3. The third kappa shape index (κ3) is 4.51. The fourth-order valence-corrected chi connectivity index (χ4v) is 3.51. The standard InChI is InChI=1S/C26H24N2O3/c1-18(2)31-22-15-13-21(14-16-22)27-24-23(20-11-7-4-8-12-20)25(29)28(26(24)30)17-19-9-5-3-6-10-19/h3-16,18,27H,17H2,1-2H3. The Morgan fingerprint density at radius 1 is 0.806 bits per heavy atom. The maximum atomic E-state index is 13.3. The SMILES string of the molecule is CC(C)Oc1ccc(NC2=C(c3ccccc3)C(=O)N(Cc3ccccc3)C2=O)cc1. The van der Waals surface area contributed by atoms with Crippen molar-refractivity contribution < 1.29 is 14.3 Å². The Labute approximate surface area is 182 Å². The Balaban J connectivity index is 1.66. The molecule has 31 heavy (non-hydrogen) atoms. The fraction of sp³-hybridized carbons (Fsp3) is 0.154.